The lowest BCUT2D eigenvalue weighted by atomic mass is 10.4. The lowest BCUT2D eigenvalue weighted by Crippen LogP contribution is -2.52. The fourth-order valence-corrected chi connectivity index (χ4v) is 1.40. The van der Waals surface area contributed by atoms with Gasteiger partial charge in [-0.3, -0.25) is 0 Å². The quantitative estimate of drug-likeness (QED) is 0.628. The van der Waals surface area contributed by atoms with Crippen molar-refractivity contribution in [2.45, 2.75) is 45.2 Å². The third-order valence-electron chi connectivity index (χ3n) is 1.86. The average Bonchev–Trinajstić information content (AvgIpc) is 1.80. The number of hydrogen-bond acceptors (Lipinski definition) is 2. The van der Waals surface area contributed by atoms with E-state index in [2.05, 4.69) is 38.8 Å². The molecule has 68 valence electrons. The summed E-state index contributed by atoms with van der Waals surface area (Å²) in [4.78, 5) is 0. The Morgan fingerprint density at radius 2 is 1.73 bits per heavy atom. The number of nitrogens with one attached hydrogen (secondary N) is 1. The number of rotatable bonds is 4. The normalized spacial score (nSPS) is 15.5. The minimum absolute atomic E-state index is 0.380. The lowest BCUT2D eigenvalue weighted by Gasteiger charge is -2.26. The van der Waals surface area contributed by atoms with E-state index in [0.717, 1.165) is 6.54 Å². The Balaban J connectivity index is 3.61. The van der Waals surface area contributed by atoms with Gasteiger partial charge in [-0.2, -0.15) is 0 Å². The van der Waals surface area contributed by atoms with Gasteiger partial charge >= 0.3 is 0 Å². The molecule has 2 nitrogen and oxygen atoms in total. The molecule has 0 saturated carbocycles. The second kappa shape index (κ2) is 4.23. The Labute approximate surface area is 71.6 Å². The Morgan fingerprint density at radius 1 is 1.27 bits per heavy atom. The van der Waals surface area contributed by atoms with Crippen molar-refractivity contribution >= 4 is 8.07 Å². The van der Waals surface area contributed by atoms with Gasteiger partial charge in [-0.1, -0.05) is 33.5 Å². The fraction of sp³-hybridized carbons (Fsp3) is 1.00. The first kappa shape index (κ1) is 11.1. The molecule has 0 heterocycles. The molecule has 0 fully saturated rings. The summed E-state index contributed by atoms with van der Waals surface area (Å²) in [7, 11) is -1.11. The summed E-state index contributed by atoms with van der Waals surface area (Å²) in [5.74, 6) is 0. The Morgan fingerprint density at radius 3 is 2.00 bits per heavy atom. The van der Waals surface area contributed by atoms with E-state index >= 15 is 0 Å². The summed E-state index contributed by atoms with van der Waals surface area (Å²) in [5, 5.41) is 3.36. The van der Waals surface area contributed by atoms with Crippen molar-refractivity contribution in [1.82, 2.24) is 5.32 Å². The number of hydrogen-bond donors (Lipinski definition) is 2. The van der Waals surface area contributed by atoms with Crippen LogP contribution in [0.25, 0.3) is 0 Å². The molecule has 0 aliphatic heterocycles. The zero-order valence-electron chi connectivity index (χ0n) is 8.44. The first-order valence-electron chi connectivity index (χ1n) is 4.33. The lowest BCUT2D eigenvalue weighted by molar-refractivity contribution is 0.574. The molecule has 0 bridgehead atoms. The van der Waals surface area contributed by atoms with Gasteiger partial charge in [0.25, 0.3) is 0 Å². The Kier molecular flexibility index (Phi) is 4.29. The fourth-order valence-electron chi connectivity index (χ4n) is 0.669. The van der Waals surface area contributed by atoms with Gasteiger partial charge in [-0.25, -0.2) is 0 Å². The van der Waals surface area contributed by atoms with E-state index in [4.69, 9.17) is 5.73 Å². The zero-order valence-corrected chi connectivity index (χ0v) is 9.44. The molecule has 0 amide bonds. The van der Waals surface area contributed by atoms with E-state index in [-0.39, 0.29) is 0 Å². The van der Waals surface area contributed by atoms with Crippen molar-refractivity contribution < 1.29 is 0 Å². The van der Waals surface area contributed by atoms with Crippen molar-refractivity contribution in [3.8, 4) is 0 Å². The molecule has 0 aromatic heterocycles. The monoisotopic (exact) mass is 174 g/mol. The predicted octanol–water partition coefficient (Wildman–Crippen LogP) is 1.19. The van der Waals surface area contributed by atoms with E-state index in [1.807, 2.05) is 0 Å². The highest BCUT2D eigenvalue weighted by Crippen LogP contribution is 2.03. The molecule has 0 aromatic carbocycles. The zero-order chi connectivity index (χ0) is 9.07. The second-order valence-corrected chi connectivity index (χ2v) is 10.0. The Bertz CT molecular complexity index is 107. The second-order valence-electron chi connectivity index (χ2n) is 4.54. The summed E-state index contributed by atoms with van der Waals surface area (Å²) < 4.78 is 0. The van der Waals surface area contributed by atoms with Gasteiger partial charge in [0, 0.05) is 18.3 Å². The van der Waals surface area contributed by atoms with Gasteiger partial charge in [-0.05, 0) is 0 Å². The van der Waals surface area contributed by atoms with Crippen LogP contribution in [0, 0.1) is 0 Å². The van der Waals surface area contributed by atoms with Gasteiger partial charge in [0.05, 0.1) is 8.07 Å². The van der Waals surface area contributed by atoms with Crippen LogP contribution in [0.4, 0.5) is 0 Å². The molecule has 11 heavy (non-hydrogen) atoms. The van der Waals surface area contributed by atoms with Gasteiger partial charge in [0.2, 0.25) is 0 Å². The first-order valence-corrected chi connectivity index (χ1v) is 7.90. The van der Waals surface area contributed by atoms with Gasteiger partial charge in [-0.15, -0.1) is 0 Å². The minimum Gasteiger partial charge on any atom is -0.329 e. The molecule has 3 N–H and O–H groups in total. The summed E-state index contributed by atoms with van der Waals surface area (Å²) >= 11 is 0. The molecule has 0 aromatic rings. The van der Waals surface area contributed by atoms with Gasteiger partial charge in [0.15, 0.2) is 0 Å². The van der Waals surface area contributed by atoms with Crippen LogP contribution in [0.15, 0.2) is 0 Å². The van der Waals surface area contributed by atoms with Crippen LogP contribution in [-0.4, -0.2) is 26.3 Å². The standard InChI is InChI=1S/C8H22N2Si/c1-7(2)10-6-8(9)11(3,4)5/h7-8,10H,6,9H2,1-5H3/t8-/m0/s1. The van der Waals surface area contributed by atoms with Crippen LogP contribution in [0.2, 0.25) is 19.6 Å². The van der Waals surface area contributed by atoms with Crippen molar-refractivity contribution in [1.29, 1.82) is 0 Å². The third-order valence-corrected chi connectivity index (χ3v) is 4.29. The molecule has 0 rings (SSSR count). The van der Waals surface area contributed by atoms with E-state index in [0.29, 0.717) is 11.7 Å². The summed E-state index contributed by atoms with van der Waals surface area (Å²) in [5.41, 5.74) is 6.38. The maximum atomic E-state index is 6.00. The highest BCUT2D eigenvalue weighted by Gasteiger charge is 2.22. The topological polar surface area (TPSA) is 38.0 Å². The van der Waals surface area contributed by atoms with Crippen LogP contribution in [0.3, 0.4) is 0 Å². The summed E-state index contributed by atoms with van der Waals surface area (Å²) in [6.07, 6.45) is 0. The highest BCUT2D eigenvalue weighted by molar-refractivity contribution is 6.77. The molecule has 3 heteroatoms. The van der Waals surface area contributed by atoms with Crippen LogP contribution >= 0.6 is 0 Å². The van der Waals surface area contributed by atoms with Crippen LogP contribution < -0.4 is 11.1 Å². The molecule has 0 aliphatic rings. The average molecular weight is 174 g/mol. The molecule has 0 aliphatic carbocycles. The predicted molar refractivity (Wildman–Crippen MR) is 54.5 cm³/mol. The van der Waals surface area contributed by atoms with E-state index in [1.54, 1.807) is 0 Å². The molecule has 0 unspecified atom stereocenters. The van der Waals surface area contributed by atoms with Crippen LogP contribution in [-0.2, 0) is 0 Å². The maximum Gasteiger partial charge on any atom is 0.0648 e. The third kappa shape index (κ3) is 5.41. The van der Waals surface area contributed by atoms with Crippen molar-refractivity contribution in [2.24, 2.45) is 5.73 Å². The molecule has 0 radical (unpaired) electrons. The van der Waals surface area contributed by atoms with Crippen LogP contribution in [0.1, 0.15) is 13.8 Å². The highest BCUT2D eigenvalue weighted by atomic mass is 28.3. The molecule has 0 spiro atoms. The van der Waals surface area contributed by atoms with Crippen molar-refractivity contribution in [3.05, 3.63) is 0 Å². The smallest absolute Gasteiger partial charge is 0.0648 e. The number of nitrogens with two attached hydrogens (primary N) is 1. The van der Waals surface area contributed by atoms with E-state index in [9.17, 15) is 0 Å². The summed E-state index contributed by atoms with van der Waals surface area (Å²) in [6, 6.07) is 0.553. The maximum absolute atomic E-state index is 6.00. The minimum atomic E-state index is -1.11. The first-order chi connectivity index (χ1) is 4.84. The molecule has 1 atom stereocenters. The van der Waals surface area contributed by atoms with E-state index < -0.39 is 8.07 Å². The molecular formula is C8H22N2Si. The Hall–Kier alpha value is 0.137. The molecule has 0 saturated heterocycles. The van der Waals surface area contributed by atoms with Gasteiger partial charge < -0.3 is 11.1 Å². The van der Waals surface area contributed by atoms with Crippen molar-refractivity contribution in [2.75, 3.05) is 6.54 Å². The van der Waals surface area contributed by atoms with Crippen LogP contribution in [0.5, 0.6) is 0 Å². The van der Waals surface area contributed by atoms with E-state index in [1.165, 1.54) is 0 Å². The SMILES string of the molecule is CC(C)NC[C@@H](N)[Si](C)(C)C. The summed E-state index contributed by atoms with van der Waals surface area (Å²) in [6.45, 7) is 12.2. The largest absolute Gasteiger partial charge is 0.329 e. The molecular weight excluding hydrogens is 152 g/mol. The van der Waals surface area contributed by atoms with Gasteiger partial charge in [0.1, 0.15) is 0 Å². The van der Waals surface area contributed by atoms with Crippen molar-refractivity contribution in [3.63, 3.8) is 0 Å².